The predicted octanol–water partition coefficient (Wildman–Crippen LogP) is 0.665. The van der Waals surface area contributed by atoms with Gasteiger partial charge in [0.25, 0.3) is 5.56 Å². The summed E-state index contributed by atoms with van der Waals surface area (Å²) in [7, 11) is 3.02. The van der Waals surface area contributed by atoms with E-state index in [1.807, 2.05) is 26.0 Å². The van der Waals surface area contributed by atoms with Crippen LogP contribution < -0.4 is 16.7 Å². The van der Waals surface area contributed by atoms with E-state index in [1.165, 1.54) is 17.9 Å². The Morgan fingerprint density at radius 1 is 1.18 bits per heavy atom. The van der Waals surface area contributed by atoms with Gasteiger partial charge >= 0.3 is 5.69 Å². The molecule has 3 aromatic heterocycles. The summed E-state index contributed by atoms with van der Waals surface area (Å²) < 4.78 is 5.65. The number of nitrogens with zero attached hydrogens (tertiary/aromatic N) is 6. The van der Waals surface area contributed by atoms with E-state index in [4.69, 9.17) is 0 Å². The average Bonchev–Trinajstić information content (AvgIpc) is 3.08. The monoisotopic (exact) mass is 384 g/mol. The normalized spacial score (nSPS) is 12.2. The second kappa shape index (κ2) is 7.79. The molecule has 3 aromatic rings. The maximum absolute atomic E-state index is 12.6. The summed E-state index contributed by atoms with van der Waals surface area (Å²) in [5.74, 6) is -0.0651. The lowest BCUT2D eigenvalue weighted by Crippen LogP contribution is -2.37. The number of imidazole rings is 1. The SMILES string of the molecule is CC(C)N=c1ccccn1C(=O)CCCn1cnc2c1c(=O)n(C)c(=O)n2C. The highest BCUT2D eigenvalue weighted by molar-refractivity contribution is 5.78. The third kappa shape index (κ3) is 3.60. The first-order chi connectivity index (χ1) is 13.3. The molecule has 3 rings (SSSR count). The first kappa shape index (κ1) is 19.5. The van der Waals surface area contributed by atoms with E-state index < -0.39 is 11.2 Å². The van der Waals surface area contributed by atoms with Crippen LogP contribution in [0.2, 0.25) is 0 Å². The molecule has 0 saturated carbocycles. The van der Waals surface area contributed by atoms with Gasteiger partial charge in [0.15, 0.2) is 11.2 Å². The van der Waals surface area contributed by atoms with Crippen LogP contribution in [0.3, 0.4) is 0 Å². The molecule has 0 saturated heterocycles. The zero-order valence-electron chi connectivity index (χ0n) is 16.5. The summed E-state index contributed by atoms with van der Waals surface area (Å²) in [6.07, 6.45) is 4.06. The highest BCUT2D eigenvalue weighted by Gasteiger charge is 2.14. The molecule has 0 radical (unpaired) electrons. The maximum atomic E-state index is 12.6. The van der Waals surface area contributed by atoms with Crippen LogP contribution in [0.15, 0.2) is 45.3 Å². The Morgan fingerprint density at radius 3 is 2.64 bits per heavy atom. The summed E-state index contributed by atoms with van der Waals surface area (Å²) >= 11 is 0. The van der Waals surface area contributed by atoms with Gasteiger partial charge in [-0.2, -0.15) is 0 Å². The fraction of sp³-hybridized carbons (Fsp3) is 0.421. The highest BCUT2D eigenvalue weighted by Crippen LogP contribution is 2.07. The van der Waals surface area contributed by atoms with E-state index in [2.05, 4.69) is 9.98 Å². The summed E-state index contributed by atoms with van der Waals surface area (Å²) in [5, 5.41) is 0. The van der Waals surface area contributed by atoms with E-state index in [9.17, 15) is 14.4 Å². The lowest BCUT2D eigenvalue weighted by atomic mass is 10.2. The lowest BCUT2D eigenvalue weighted by Gasteiger charge is -2.08. The van der Waals surface area contributed by atoms with Crippen LogP contribution in [0, 0.1) is 0 Å². The van der Waals surface area contributed by atoms with Crippen molar-refractivity contribution in [1.82, 2.24) is 23.3 Å². The van der Waals surface area contributed by atoms with Crippen molar-refractivity contribution in [2.45, 2.75) is 39.3 Å². The summed E-state index contributed by atoms with van der Waals surface area (Å²) in [6.45, 7) is 4.36. The molecule has 0 bridgehead atoms. The molecule has 0 amide bonds. The highest BCUT2D eigenvalue weighted by atomic mass is 16.2. The van der Waals surface area contributed by atoms with E-state index in [1.54, 1.807) is 28.4 Å². The summed E-state index contributed by atoms with van der Waals surface area (Å²) in [5.41, 5.74) is 0.520. The van der Waals surface area contributed by atoms with Crippen LogP contribution in [-0.4, -0.2) is 35.2 Å². The number of fused-ring (bicyclic) bond motifs is 1. The van der Waals surface area contributed by atoms with Gasteiger partial charge in [-0.05, 0) is 32.4 Å². The molecule has 28 heavy (non-hydrogen) atoms. The number of hydrogen-bond donors (Lipinski definition) is 0. The molecule has 148 valence electrons. The molecule has 0 N–H and O–H groups in total. The van der Waals surface area contributed by atoms with Crippen LogP contribution in [0.5, 0.6) is 0 Å². The molecule has 0 aliphatic heterocycles. The van der Waals surface area contributed by atoms with E-state index >= 15 is 0 Å². The first-order valence-corrected chi connectivity index (χ1v) is 9.17. The Labute approximate surface area is 161 Å². The van der Waals surface area contributed by atoms with Crippen LogP contribution in [0.4, 0.5) is 0 Å². The number of rotatable bonds is 5. The largest absolute Gasteiger partial charge is 0.332 e. The fourth-order valence-electron chi connectivity index (χ4n) is 3.10. The second-order valence-electron chi connectivity index (χ2n) is 6.96. The van der Waals surface area contributed by atoms with Gasteiger partial charge in [0.1, 0.15) is 5.49 Å². The Hall–Kier alpha value is -3.23. The number of aryl methyl sites for hydroxylation is 2. The fourth-order valence-corrected chi connectivity index (χ4v) is 3.10. The number of aromatic nitrogens is 5. The predicted molar refractivity (Wildman–Crippen MR) is 105 cm³/mol. The van der Waals surface area contributed by atoms with Gasteiger partial charge < -0.3 is 4.57 Å². The molecule has 0 atom stereocenters. The Kier molecular flexibility index (Phi) is 5.43. The topological polar surface area (TPSA) is 96.2 Å². The van der Waals surface area contributed by atoms with Crippen molar-refractivity contribution in [3.05, 3.63) is 57.0 Å². The zero-order valence-corrected chi connectivity index (χ0v) is 16.5. The van der Waals surface area contributed by atoms with E-state index in [0.29, 0.717) is 36.0 Å². The second-order valence-corrected chi connectivity index (χ2v) is 6.96. The molecule has 0 fully saturated rings. The molecule has 0 spiro atoms. The smallest absolute Gasteiger partial charge is 0.325 e. The standard InChI is InChI=1S/C19H24N6O3/c1-13(2)21-14-8-5-6-11-25(14)15(26)9-7-10-24-12-20-17-16(24)18(27)23(4)19(28)22(17)3/h5-6,8,11-13H,7,9-10H2,1-4H3. The molecule has 0 aliphatic carbocycles. The van der Waals surface area contributed by atoms with Gasteiger partial charge in [-0.1, -0.05) is 6.07 Å². The number of hydrogen-bond acceptors (Lipinski definition) is 5. The molecule has 0 aromatic carbocycles. The number of carbonyl (C=O) groups excluding carboxylic acids is 1. The zero-order chi connectivity index (χ0) is 20.4. The van der Waals surface area contributed by atoms with Crippen molar-refractivity contribution in [1.29, 1.82) is 0 Å². The third-order valence-corrected chi connectivity index (χ3v) is 4.50. The van der Waals surface area contributed by atoms with Gasteiger partial charge in [-0.25, -0.2) is 9.78 Å². The summed E-state index contributed by atoms with van der Waals surface area (Å²) in [6, 6.07) is 5.54. The van der Waals surface area contributed by atoms with Crippen molar-refractivity contribution in [2.24, 2.45) is 19.1 Å². The molecule has 0 aliphatic rings. The Balaban J connectivity index is 1.81. The van der Waals surface area contributed by atoms with Crippen molar-refractivity contribution in [3.63, 3.8) is 0 Å². The molecule has 3 heterocycles. The van der Waals surface area contributed by atoms with Gasteiger partial charge in [-0.15, -0.1) is 0 Å². The van der Waals surface area contributed by atoms with Gasteiger partial charge in [0.2, 0.25) is 5.91 Å². The average molecular weight is 384 g/mol. The maximum Gasteiger partial charge on any atom is 0.332 e. The van der Waals surface area contributed by atoms with Crippen molar-refractivity contribution < 1.29 is 4.79 Å². The van der Waals surface area contributed by atoms with Crippen LogP contribution in [-0.2, 0) is 20.6 Å². The van der Waals surface area contributed by atoms with Gasteiger partial charge in [0.05, 0.1) is 6.33 Å². The van der Waals surface area contributed by atoms with E-state index in [0.717, 1.165) is 4.57 Å². The van der Waals surface area contributed by atoms with Gasteiger partial charge in [0, 0.05) is 39.3 Å². The van der Waals surface area contributed by atoms with Crippen molar-refractivity contribution in [2.75, 3.05) is 0 Å². The minimum absolute atomic E-state index is 0.0651. The lowest BCUT2D eigenvalue weighted by molar-refractivity contribution is 0.0892. The molecule has 9 nitrogen and oxygen atoms in total. The molecule has 0 unspecified atom stereocenters. The number of carbonyl (C=O) groups is 1. The van der Waals surface area contributed by atoms with Crippen LogP contribution >= 0.6 is 0 Å². The number of pyridine rings is 1. The molecular weight excluding hydrogens is 360 g/mol. The van der Waals surface area contributed by atoms with E-state index in [-0.39, 0.29) is 11.9 Å². The minimum Gasteiger partial charge on any atom is -0.325 e. The molecule has 9 heteroatoms. The first-order valence-electron chi connectivity index (χ1n) is 9.17. The van der Waals surface area contributed by atoms with Gasteiger partial charge in [-0.3, -0.25) is 28.3 Å². The third-order valence-electron chi connectivity index (χ3n) is 4.50. The Morgan fingerprint density at radius 2 is 1.93 bits per heavy atom. The summed E-state index contributed by atoms with van der Waals surface area (Å²) in [4.78, 5) is 45.7. The van der Waals surface area contributed by atoms with Crippen molar-refractivity contribution >= 4 is 17.1 Å². The quantitative estimate of drug-likeness (QED) is 0.646. The van der Waals surface area contributed by atoms with Crippen LogP contribution in [0.25, 0.3) is 11.2 Å². The van der Waals surface area contributed by atoms with Crippen molar-refractivity contribution in [3.8, 4) is 0 Å². The van der Waals surface area contributed by atoms with Crippen LogP contribution in [0.1, 0.15) is 31.5 Å². The Bertz CT molecular complexity index is 1210. The molecular formula is C19H24N6O3. The minimum atomic E-state index is -0.417.